The van der Waals surface area contributed by atoms with Gasteiger partial charge in [-0.3, -0.25) is 18.6 Å². The molecule has 1 rings (SSSR count). The number of ether oxygens (including phenoxy) is 2. The number of unbranched alkanes of at least 4 members (excludes halogenated alkanes) is 3. The highest BCUT2D eigenvalue weighted by molar-refractivity contribution is 7.47. The van der Waals surface area contributed by atoms with Gasteiger partial charge < -0.3 is 45.0 Å². The fraction of sp³-hybridized carbons (Fsp3) is 0.547. The number of hydrogen-bond donors (Lipinski definition) is 7. The predicted octanol–water partition coefficient (Wildman–Crippen LogP) is 8.91. The number of rotatable bonds is 37. The summed E-state index contributed by atoms with van der Waals surface area (Å²) in [6.07, 6.45) is 42.6. The van der Waals surface area contributed by atoms with Crippen LogP contribution >= 0.6 is 7.82 Å². The average molecular weight is 973 g/mol. The highest BCUT2D eigenvalue weighted by Gasteiger charge is 2.51. The molecular formula is C53H81O14P. The van der Waals surface area contributed by atoms with E-state index in [4.69, 9.17) is 18.5 Å². The van der Waals surface area contributed by atoms with Gasteiger partial charge in [0.05, 0.1) is 12.7 Å². The van der Waals surface area contributed by atoms with Crippen molar-refractivity contribution in [2.75, 3.05) is 13.2 Å². The van der Waals surface area contributed by atoms with Gasteiger partial charge in [-0.1, -0.05) is 154 Å². The number of aliphatic hydroxyl groups is 6. The lowest BCUT2D eigenvalue weighted by molar-refractivity contribution is -0.220. The van der Waals surface area contributed by atoms with Crippen LogP contribution in [0.4, 0.5) is 0 Å². The summed E-state index contributed by atoms with van der Waals surface area (Å²) in [6.45, 7) is 2.87. The monoisotopic (exact) mass is 973 g/mol. The van der Waals surface area contributed by atoms with E-state index >= 15 is 0 Å². The highest BCUT2D eigenvalue weighted by atomic mass is 31.2. The smallest absolute Gasteiger partial charge is 0.462 e. The zero-order valence-corrected chi connectivity index (χ0v) is 41.1. The summed E-state index contributed by atoms with van der Waals surface area (Å²) in [4.78, 5) is 35.7. The first-order valence-corrected chi connectivity index (χ1v) is 25.6. The Hall–Kier alpha value is -4.05. The number of phosphoric ester groups is 1. The maximum absolute atomic E-state index is 12.8. The van der Waals surface area contributed by atoms with Gasteiger partial charge >= 0.3 is 19.8 Å². The number of aliphatic hydroxyl groups excluding tert-OH is 6. The molecule has 68 heavy (non-hydrogen) atoms. The summed E-state index contributed by atoms with van der Waals surface area (Å²) in [7, 11) is -5.17. The summed E-state index contributed by atoms with van der Waals surface area (Å²) < 4.78 is 33.4. The maximum atomic E-state index is 12.8. The molecule has 0 aromatic heterocycles. The molecule has 0 spiro atoms. The summed E-state index contributed by atoms with van der Waals surface area (Å²) in [5, 5.41) is 60.1. The minimum absolute atomic E-state index is 0.00943. The molecule has 0 heterocycles. The van der Waals surface area contributed by atoms with Gasteiger partial charge in [0.15, 0.2) is 6.10 Å². The zero-order chi connectivity index (χ0) is 50.1. The van der Waals surface area contributed by atoms with Crippen molar-refractivity contribution in [3.63, 3.8) is 0 Å². The Morgan fingerprint density at radius 2 is 1.00 bits per heavy atom. The maximum Gasteiger partial charge on any atom is 0.472 e. The number of carbonyl (C=O) groups is 2. The van der Waals surface area contributed by atoms with Crippen LogP contribution in [0.25, 0.3) is 0 Å². The number of allylic oxidation sites excluding steroid dienone is 20. The Balaban J connectivity index is 2.55. The Labute approximate surface area is 405 Å². The highest BCUT2D eigenvalue weighted by Crippen LogP contribution is 2.47. The van der Waals surface area contributed by atoms with E-state index in [1.807, 2.05) is 54.7 Å². The largest absolute Gasteiger partial charge is 0.472 e. The molecule has 1 aliphatic rings. The number of esters is 2. The second-order valence-corrected chi connectivity index (χ2v) is 17.5. The minimum Gasteiger partial charge on any atom is -0.462 e. The molecule has 9 atom stereocenters. The summed E-state index contributed by atoms with van der Waals surface area (Å²) in [5.74, 6) is -1.27. The minimum atomic E-state index is -5.17. The van der Waals surface area contributed by atoms with E-state index in [9.17, 15) is 49.7 Å². The van der Waals surface area contributed by atoms with E-state index in [1.54, 1.807) is 6.08 Å². The van der Waals surface area contributed by atoms with E-state index in [1.165, 1.54) is 0 Å². The topological polar surface area (TPSA) is 230 Å². The Bertz CT molecular complexity index is 1710. The van der Waals surface area contributed by atoms with Crippen LogP contribution in [-0.4, -0.2) is 110 Å². The lowest BCUT2D eigenvalue weighted by atomic mass is 9.85. The van der Waals surface area contributed by atoms with E-state index in [-0.39, 0.29) is 12.8 Å². The lowest BCUT2D eigenvalue weighted by Gasteiger charge is -2.41. The average Bonchev–Trinajstić information content (AvgIpc) is 3.32. The first-order valence-electron chi connectivity index (χ1n) is 24.1. The Morgan fingerprint density at radius 1 is 0.529 bits per heavy atom. The number of hydrogen-bond acceptors (Lipinski definition) is 13. The second-order valence-electron chi connectivity index (χ2n) is 16.0. The third kappa shape index (κ3) is 32.7. The second kappa shape index (κ2) is 40.8. The Kier molecular flexibility index (Phi) is 37.2. The molecule has 7 N–H and O–H groups in total. The van der Waals surface area contributed by atoms with Crippen LogP contribution in [0.15, 0.2) is 134 Å². The van der Waals surface area contributed by atoms with Crippen molar-refractivity contribution in [3.8, 4) is 0 Å². The normalized spacial score (nSPS) is 22.7. The van der Waals surface area contributed by atoms with Crippen molar-refractivity contribution >= 4 is 19.8 Å². The zero-order valence-electron chi connectivity index (χ0n) is 40.2. The molecule has 1 fully saturated rings. The summed E-state index contributed by atoms with van der Waals surface area (Å²) >= 11 is 0. The van der Waals surface area contributed by atoms with Crippen LogP contribution in [0, 0.1) is 0 Å². The van der Waals surface area contributed by atoms with E-state index < -0.39 is 81.8 Å². The molecule has 0 amide bonds. The van der Waals surface area contributed by atoms with Crippen LogP contribution in [0.3, 0.4) is 0 Å². The predicted molar refractivity (Wildman–Crippen MR) is 268 cm³/mol. The van der Waals surface area contributed by atoms with Crippen molar-refractivity contribution < 1.29 is 68.2 Å². The molecule has 0 aromatic rings. The van der Waals surface area contributed by atoms with Gasteiger partial charge in [-0.25, -0.2) is 4.57 Å². The van der Waals surface area contributed by atoms with Crippen LogP contribution in [0.1, 0.15) is 123 Å². The van der Waals surface area contributed by atoms with Crippen molar-refractivity contribution in [2.45, 2.75) is 172 Å². The fourth-order valence-electron chi connectivity index (χ4n) is 6.25. The first-order chi connectivity index (χ1) is 32.8. The van der Waals surface area contributed by atoms with Crippen LogP contribution in [0.5, 0.6) is 0 Å². The van der Waals surface area contributed by atoms with E-state index in [2.05, 4.69) is 86.8 Å². The third-order valence-corrected chi connectivity index (χ3v) is 11.1. The van der Waals surface area contributed by atoms with Gasteiger partial charge in [0.1, 0.15) is 43.2 Å². The molecule has 14 nitrogen and oxygen atoms in total. The molecule has 1 aliphatic carbocycles. The van der Waals surface area contributed by atoms with Crippen molar-refractivity contribution in [2.24, 2.45) is 0 Å². The van der Waals surface area contributed by atoms with Gasteiger partial charge in [-0.2, -0.15) is 0 Å². The molecule has 15 heteroatoms. The van der Waals surface area contributed by atoms with Gasteiger partial charge in [-0.05, 0) is 89.9 Å². The quantitative estimate of drug-likeness (QED) is 0.0101. The van der Waals surface area contributed by atoms with Crippen molar-refractivity contribution in [3.05, 3.63) is 134 Å². The van der Waals surface area contributed by atoms with Gasteiger partial charge in [0, 0.05) is 12.8 Å². The standard InChI is InChI=1S/C53H81O14P/c1-3-5-7-8-9-10-11-12-13-14-15-16-17-20-24-27-30-33-37-41-47(56)66-45(43-65-68(62,63)67-53-51(60)49(58)48(57)50(59)52(53)61)42-64-46(55)40-36-32-29-26-23-21-18-19-22-25-28-31-35-39-44(54)38-34-6-4-2/h5-7,9-10,12-13,15-16,19-24,28-29,31-32,34-35,39,44-45,48-54,57-61H,3-4,8,11,14,17-18,25-27,30,33,36-38,40-43H2,1-2H3,(H,62,63)/b7-5-,10-9-,13-12-,16-15-,22-19-,23-21-,24-20-,31-28+,32-29-,34-6-,39-35+/t44?,45-,48?,49-,50+,51-,52-,53?/m1/s1. The first kappa shape index (κ1) is 62.0. The van der Waals surface area contributed by atoms with Gasteiger partial charge in [0.2, 0.25) is 0 Å². The van der Waals surface area contributed by atoms with Crippen LogP contribution in [0.2, 0.25) is 0 Å². The Morgan fingerprint density at radius 3 is 1.54 bits per heavy atom. The third-order valence-electron chi connectivity index (χ3n) is 10.1. The van der Waals surface area contributed by atoms with Crippen LogP contribution in [-0.2, 0) is 32.7 Å². The number of carbonyl (C=O) groups excluding carboxylic acids is 2. The van der Waals surface area contributed by atoms with Crippen molar-refractivity contribution in [1.82, 2.24) is 0 Å². The lowest BCUT2D eigenvalue weighted by Crippen LogP contribution is -2.64. The van der Waals surface area contributed by atoms with Gasteiger partial charge in [0.25, 0.3) is 0 Å². The molecule has 382 valence electrons. The molecule has 0 saturated heterocycles. The van der Waals surface area contributed by atoms with Gasteiger partial charge in [-0.15, -0.1) is 0 Å². The molecule has 0 aliphatic heterocycles. The fourth-order valence-corrected chi connectivity index (χ4v) is 7.22. The molecular weight excluding hydrogens is 892 g/mol. The van der Waals surface area contributed by atoms with E-state index in [0.717, 1.165) is 70.6 Å². The van der Waals surface area contributed by atoms with E-state index in [0.29, 0.717) is 25.7 Å². The molecule has 0 bridgehead atoms. The molecule has 4 unspecified atom stereocenters. The summed E-state index contributed by atoms with van der Waals surface area (Å²) in [5.41, 5.74) is 0. The van der Waals surface area contributed by atoms with Crippen molar-refractivity contribution in [1.29, 1.82) is 0 Å². The molecule has 0 aromatic carbocycles. The SMILES string of the molecule is CC/C=C\C/C=C\C/C=C\C/C=C\C/C=C\CCCCCC(=O)O[C@H](COC(=O)CC/C=C\C/C=C\C/C=C\C/C=C/C=C/C(O)C/C=C\CC)COP(=O)(O)OC1[C@H](O)[C@H](O)C(O)[C@H](O)[C@H]1O. The molecule has 1 saturated carbocycles. The number of phosphoric acid groups is 1. The van der Waals surface area contributed by atoms with Crippen LogP contribution < -0.4 is 0 Å². The summed E-state index contributed by atoms with van der Waals surface area (Å²) in [6, 6.07) is 0. The molecule has 0 radical (unpaired) electrons.